The minimum Gasteiger partial charge on any atom is -0.380 e. The fraction of sp³-hybridized carbons (Fsp3) is 0.538. The van der Waals surface area contributed by atoms with E-state index in [1.54, 1.807) is 6.07 Å². The average Bonchev–Trinajstić information content (AvgIpc) is 2.22. The zero-order valence-corrected chi connectivity index (χ0v) is 9.97. The van der Waals surface area contributed by atoms with Gasteiger partial charge >= 0.3 is 0 Å². The molecule has 0 aliphatic rings. The van der Waals surface area contributed by atoms with Crippen molar-refractivity contribution in [3.8, 4) is 0 Å². The van der Waals surface area contributed by atoms with Crippen LogP contribution < -0.4 is 5.32 Å². The molecule has 1 nitrogen and oxygen atoms in total. The molecule has 0 bridgehead atoms. The summed E-state index contributed by atoms with van der Waals surface area (Å²) in [4.78, 5) is 0. The first-order valence-corrected chi connectivity index (χ1v) is 5.58. The molecule has 0 amide bonds. The third-order valence-electron chi connectivity index (χ3n) is 3.09. The second kappa shape index (κ2) is 5.15. The minimum absolute atomic E-state index is 0.162. The van der Waals surface area contributed by atoms with Crippen LogP contribution in [0.2, 0.25) is 0 Å². The van der Waals surface area contributed by atoms with E-state index in [2.05, 4.69) is 26.1 Å². The molecule has 0 aliphatic carbocycles. The van der Waals surface area contributed by atoms with Crippen LogP contribution in [0.15, 0.2) is 18.2 Å². The van der Waals surface area contributed by atoms with Gasteiger partial charge in [0.2, 0.25) is 0 Å². The molecule has 15 heavy (non-hydrogen) atoms. The molecule has 0 heterocycles. The Balaban J connectivity index is 2.80. The third-order valence-corrected chi connectivity index (χ3v) is 3.09. The molecule has 0 aliphatic heterocycles. The Morgan fingerprint density at radius 2 is 2.00 bits per heavy atom. The predicted molar refractivity (Wildman–Crippen MR) is 63.7 cm³/mol. The molecule has 0 spiro atoms. The largest absolute Gasteiger partial charge is 0.380 e. The fourth-order valence-electron chi connectivity index (χ4n) is 1.54. The van der Waals surface area contributed by atoms with Crippen LogP contribution in [0.1, 0.15) is 32.8 Å². The Morgan fingerprint density at radius 3 is 2.53 bits per heavy atom. The van der Waals surface area contributed by atoms with E-state index in [0.717, 1.165) is 12.0 Å². The van der Waals surface area contributed by atoms with Gasteiger partial charge in [0.1, 0.15) is 5.82 Å². The number of benzene rings is 1. The predicted octanol–water partition coefficient (Wildman–Crippen LogP) is 3.98. The number of para-hydroxylation sites is 1. The number of aryl methyl sites for hydroxylation is 1. The van der Waals surface area contributed by atoms with E-state index in [0.29, 0.717) is 17.6 Å². The first-order chi connectivity index (χ1) is 7.06. The fourth-order valence-corrected chi connectivity index (χ4v) is 1.54. The van der Waals surface area contributed by atoms with Crippen LogP contribution in [0.3, 0.4) is 0 Å². The summed E-state index contributed by atoms with van der Waals surface area (Å²) in [6, 6.07) is 5.46. The molecule has 0 aromatic heterocycles. The number of hydrogen-bond acceptors (Lipinski definition) is 1. The average molecular weight is 209 g/mol. The Morgan fingerprint density at radius 1 is 1.33 bits per heavy atom. The van der Waals surface area contributed by atoms with Crippen molar-refractivity contribution >= 4 is 5.69 Å². The van der Waals surface area contributed by atoms with Crippen molar-refractivity contribution in [1.82, 2.24) is 0 Å². The molecule has 1 rings (SSSR count). The van der Waals surface area contributed by atoms with E-state index in [1.807, 2.05) is 13.0 Å². The van der Waals surface area contributed by atoms with Crippen molar-refractivity contribution < 1.29 is 4.39 Å². The molecule has 2 atom stereocenters. The minimum atomic E-state index is -0.162. The summed E-state index contributed by atoms with van der Waals surface area (Å²) < 4.78 is 13.5. The van der Waals surface area contributed by atoms with Crippen molar-refractivity contribution in [3.63, 3.8) is 0 Å². The summed E-state index contributed by atoms with van der Waals surface area (Å²) in [7, 11) is 0. The first-order valence-electron chi connectivity index (χ1n) is 5.58. The molecule has 0 radical (unpaired) electrons. The second-order valence-electron chi connectivity index (χ2n) is 4.25. The topological polar surface area (TPSA) is 12.0 Å². The number of halogens is 1. The summed E-state index contributed by atoms with van der Waals surface area (Å²) >= 11 is 0. The maximum absolute atomic E-state index is 13.5. The van der Waals surface area contributed by atoms with Crippen LogP contribution in [0, 0.1) is 18.7 Å². The molecule has 84 valence electrons. The van der Waals surface area contributed by atoms with Gasteiger partial charge in [-0.2, -0.15) is 0 Å². The summed E-state index contributed by atoms with van der Waals surface area (Å²) in [6.07, 6.45) is 1.10. The Bertz CT molecular complexity index is 302. The summed E-state index contributed by atoms with van der Waals surface area (Å²) in [5, 5.41) is 3.25. The normalized spacial score (nSPS) is 14.7. The van der Waals surface area contributed by atoms with Crippen molar-refractivity contribution in [3.05, 3.63) is 29.6 Å². The molecule has 1 N–H and O–H groups in total. The van der Waals surface area contributed by atoms with Crippen molar-refractivity contribution in [1.29, 1.82) is 0 Å². The van der Waals surface area contributed by atoms with E-state index >= 15 is 0 Å². The first kappa shape index (κ1) is 12.0. The number of anilines is 1. The lowest BCUT2D eigenvalue weighted by molar-refractivity contribution is 0.491. The highest BCUT2D eigenvalue weighted by atomic mass is 19.1. The van der Waals surface area contributed by atoms with E-state index in [4.69, 9.17) is 0 Å². The lowest BCUT2D eigenvalue weighted by Crippen LogP contribution is -2.24. The van der Waals surface area contributed by atoms with Crippen LogP contribution in [-0.2, 0) is 0 Å². The molecule has 2 unspecified atom stereocenters. The van der Waals surface area contributed by atoms with Crippen LogP contribution in [-0.4, -0.2) is 6.04 Å². The smallest absolute Gasteiger partial charge is 0.146 e. The van der Waals surface area contributed by atoms with Gasteiger partial charge in [-0.25, -0.2) is 4.39 Å². The highest BCUT2D eigenvalue weighted by molar-refractivity contribution is 5.52. The molecular weight excluding hydrogens is 189 g/mol. The van der Waals surface area contributed by atoms with Gasteiger partial charge in [-0.15, -0.1) is 0 Å². The van der Waals surface area contributed by atoms with Crippen LogP contribution in [0.25, 0.3) is 0 Å². The SMILES string of the molecule is CCC(C)C(C)Nc1c(C)cccc1F. The standard InChI is InChI=1S/C13H20FN/c1-5-9(2)11(4)15-13-10(3)7-6-8-12(13)14/h6-9,11,15H,5H2,1-4H3. The van der Waals surface area contributed by atoms with Gasteiger partial charge in [-0.05, 0) is 31.4 Å². The second-order valence-corrected chi connectivity index (χ2v) is 4.25. The molecule has 2 heteroatoms. The van der Waals surface area contributed by atoms with Crippen molar-refractivity contribution in [2.75, 3.05) is 5.32 Å². The monoisotopic (exact) mass is 209 g/mol. The molecule has 0 fully saturated rings. The highest BCUT2D eigenvalue weighted by Crippen LogP contribution is 2.21. The van der Waals surface area contributed by atoms with E-state index in [9.17, 15) is 4.39 Å². The molecule has 1 aromatic carbocycles. The van der Waals surface area contributed by atoms with Crippen molar-refractivity contribution in [2.45, 2.75) is 40.2 Å². The van der Waals surface area contributed by atoms with E-state index < -0.39 is 0 Å². The van der Waals surface area contributed by atoms with Crippen LogP contribution in [0.4, 0.5) is 10.1 Å². The van der Waals surface area contributed by atoms with Gasteiger partial charge < -0.3 is 5.32 Å². The summed E-state index contributed by atoms with van der Waals surface area (Å²) in [5.41, 5.74) is 1.61. The zero-order chi connectivity index (χ0) is 11.4. The van der Waals surface area contributed by atoms with Gasteiger partial charge in [0.25, 0.3) is 0 Å². The van der Waals surface area contributed by atoms with E-state index in [1.165, 1.54) is 6.07 Å². The maximum Gasteiger partial charge on any atom is 0.146 e. The lowest BCUT2D eigenvalue weighted by atomic mass is 10.00. The maximum atomic E-state index is 13.5. The van der Waals surface area contributed by atoms with Crippen LogP contribution >= 0.6 is 0 Å². The zero-order valence-electron chi connectivity index (χ0n) is 9.97. The van der Waals surface area contributed by atoms with Gasteiger partial charge in [-0.3, -0.25) is 0 Å². The third kappa shape index (κ3) is 2.95. The van der Waals surface area contributed by atoms with Crippen LogP contribution in [0.5, 0.6) is 0 Å². The van der Waals surface area contributed by atoms with E-state index in [-0.39, 0.29) is 5.82 Å². The number of hydrogen-bond donors (Lipinski definition) is 1. The quantitative estimate of drug-likeness (QED) is 0.791. The van der Waals surface area contributed by atoms with Gasteiger partial charge in [0, 0.05) is 6.04 Å². The van der Waals surface area contributed by atoms with Gasteiger partial charge in [-0.1, -0.05) is 32.4 Å². The summed E-state index contributed by atoms with van der Waals surface area (Å²) in [5.74, 6) is 0.383. The van der Waals surface area contributed by atoms with Gasteiger partial charge in [0.05, 0.1) is 5.69 Å². The molecule has 0 saturated heterocycles. The molecule has 0 saturated carbocycles. The van der Waals surface area contributed by atoms with Crippen molar-refractivity contribution in [2.24, 2.45) is 5.92 Å². The lowest BCUT2D eigenvalue weighted by Gasteiger charge is -2.22. The number of nitrogens with one attached hydrogen (secondary N) is 1. The number of rotatable bonds is 4. The highest BCUT2D eigenvalue weighted by Gasteiger charge is 2.13. The molecule has 1 aromatic rings. The Hall–Kier alpha value is -1.05. The Labute approximate surface area is 91.7 Å². The Kier molecular flexibility index (Phi) is 4.13. The summed E-state index contributed by atoms with van der Waals surface area (Å²) in [6.45, 7) is 8.35. The van der Waals surface area contributed by atoms with Gasteiger partial charge in [0.15, 0.2) is 0 Å². The molecular formula is C13H20FN.